The Morgan fingerprint density at radius 3 is 2.62 bits per heavy atom. The van der Waals surface area contributed by atoms with Gasteiger partial charge in [-0.15, -0.1) is 0 Å². The van der Waals surface area contributed by atoms with E-state index < -0.39 is 5.97 Å². The second kappa shape index (κ2) is 6.25. The quantitative estimate of drug-likeness (QED) is 0.685. The molecule has 0 atom stereocenters. The summed E-state index contributed by atoms with van der Waals surface area (Å²) in [6.07, 6.45) is 0.587. The molecule has 0 spiro atoms. The van der Waals surface area contributed by atoms with Crippen molar-refractivity contribution in [2.24, 2.45) is 0 Å². The summed E-state index contributed by atoms with van der Waals surface area (Å²) in [5.41, 5.74) is 2.54. The van der Waals surface area contributed by atoms with E-state index in [1.807, 2.05) is 6.07 Å². The van der Waals surface area contributed by atoms with Gasteiger partial charge in [-0.2, -0.15) is 5.10 Å². The topological polar surface area (TPSA) is 103 Å². The van der Waals surface area contributed by atoms with Crippen molar-refractivity contribution in [3.8, 4) is 28.4 Å². The lowest BCUT2D eigenvalue weighted by molar-refractivity contribution is -0.105. The van der Waals surface area contributed by atoms with Crippen LogP contribution in [-0.4, -0.2) is 34.1 Å². The van der Waals surface area contributed by atoms with Crippen molar-refractivity contribution in [2.75, 3.05) is 12.1 Å². The molecule has 2 N–H and O–H groups in total. The van der Waals surface area contributed by atoms with E-state index in [4.69, 9.17) is 9.47 Å². The van der Waals surface area contributed by atoms with Gasteiger partial charge in [0, 0.05) is 11.3 Å². The Kier molecular flexibility index (Phi) is 3.77. The molecule has 0 radical (unpaired) electrons. The lowest BCUT2D eigenvalue weighted by Gasteiger charge is -2.09. The first-order valence-corrected chi connectivity index (χ1v) is 7.70. The van der Waals surface area contributed by atoms with Crippen LogP contribution in [0.3, 0.4) is 0 Å². The summed E-state index contributed by atoms with van der Waals surface area (Å²) in [6.45, 7) is 0.156. The maximum Gasteiger partial charge on any atom is 0.356 e. The Bertz CT molecular complexity index is 995. The zero-order valence-electron chi connectivity index (χ0n) is 13.4. The number of carbonyl (C=O) groups excluding carboxylic acids is 1. The molecule has 1 amide bonds. The molecule has 3 aromatic rings. The number of carboxylic acid groups (broad SMARTS) is 1. The number of aromatic nitrogens is 2. The van der Waals surface area contributed by atoms with Gasteiger partial charge in [-0.1, -0.05) is 0 Å². The molecular weight excluding hydrogens is 338 g/mol. The Labute approximate surface area is 147 Å². The summed E-state index contributed by atoms with van der Waals surface area (Å²) >= 11 is 0. The fourth-order valence-electron chi connectivity index (χ4n) is 2.71. The van der Waals surface area contributed by atoms with E-state index in [9.17, 15) is 14.7 Å². The maximum absolute atomic E-state index is 11.4. The molecule has 1 aliphatic rings. The van der Waals surface area contributed by atoms with E-state index in [-0.39, 0.29) is 12.5 Å². The second-order valence-electron chi connectivity index (χ2n) is 5.51. The third-order valence-corrected chi connectivity index (χ3v) is 3.93. The minimum atomic E-state index is -1.12. The van der Waals surface area contributed by atoms with Gasteiger partial charge >= 0.3 is 5.97 Å². The zero-order chi connectivity index (χ0) is 18.1. The number of rotatable bonds is 5. The highest BCUT2D eigenvalue weighted by atomic mass is 16.7. The average molecular weight is 351 g/mol. The number of carboxylic acids is 1. The van der Waals surface area contributed by atoms with E-state index in [0.29, 0.717) is 35.0 Å². The van der Waals surface area contributed by atoms with Crippen molar-refractivity contribution in [3.05, 3.63) is 54.2 Å². The number of nitrogens with one attached hydrogen (secondary N) is 1. The van der Waals surface area contributed by atoms with Gasteiger partial charge in [-0.25, -0.2) is 9.48 Å². The van der Waals surface area contributed by atoms with Gasteiger partial charge in [-0.05, 0) is 48.5 Å². The molecule has 1 aromatic heterocycles. The third kappa shape index (κ3) is 2.73. The molecule has 26 heavy (non-hydrogen) atoms. The molecule has 8 nitrogen and oxygen atoms in total. The van der Waals surface area contributed by atoms with Gasteiger partial charge in [0.2, 0.25) is 13.2 Å². The van der Waals surface area contributed by atoms with Crippen LogP contribution in [0, 0.1) is 0 Å². The SMILES string of the molecule is O=CNc1ccc(-n2nc(C(=O)O)cc2-c2ccc3c(c2)OCO3)cc1. The van der Waals surface area contributed by atoms with Crippen LogP contribution in [0.25, 0.3) is 16.9 Å². The van der Waals surface area contributed by atoms with E-state index in [0.717, 1.165) is 5.56 Å². The van der Waals surface area contributed by atoms with Crippen molar-refractivity contribution < 1.29 is 24.2 Å². The van der Waals surface area contributed by atoms with Crippen molar-refractivity contribution in [1.29, 1.82) is 0 Å². The lowest BCUT2D eigenvalue weighted by Crippen LogP contribution is -2.02. The summed E-state index contributed by atoms with van der Waals surface area (Å²) in [5, 5.41) is 16.0. The number of nitrogens with zero attached hydrogens (tertiary/aromatic N) is 2. The smallest absolute Gasteiger partial charge is 0.356 e. The fraction of sp³-hybridized carbons (Fsp3) is 0.0556. The molecule has 0 bridgehead atoms. The van der Waals surface area contributed by atoms with Crippen LogP contribution in [0.4, 0.5) is 5.69 Å². The molecule has 2 heterocycles. The number of hydrogen-bond acceptors (Lipinski definition) is 5. The van der Waals surface area contributed by atoms with E-state index in [1.165, 1.54) is 10.7 Å². The predicted molar refractivity (Wildman–Crippen MR) is 91.8 cm³/mol. The van der Waals surface area contributed by atoms with Gasteiger partial charge in [0.1, 0.15) is 0 Å². The van der Waals surface area contributed by atoms with Gasteiger partial charge in [0.05, 0.1) is 11.4 Å². The van der Waals surface area contributed by atoms with Crippen molar-refractivity contribution >= 4 is 18.1 Å². The van der Waals surface area contributed by atoms with Crippen LogP contribution < -0.4 is 14.8 Å². The van der Waals surface area contributed by atoms with Crippen LogP contribution in [0.1, 0.15) is 10.5 Å². The van der Waals surface area contributed by atoms with Crippen molar-refractivity contribution in [1.82, 2.24) is 9.78 Å². The van der Waals surface area contributed by atoms with E-state index in [2.05, 4.69) is 10.4 Å². The molecule has 4 rings (SSSR count). The summed E-state index contributed by atoms with van der Waals surface area (Å²) in [4.78, 5) is 21.9. The largest absolute Gasteiger partial charge is 0.476 e. The Morgan fingerprint density at radius 1 is 1.12 bits per heavy atom. The highest BCUT2D eigenvalue weighted by molar-refractivity contribution is 5.87. The Hall–Kier alpha value is -3.81. The number of ether oxygens (including phenoxy) is 2. The van der Waals surface area contributed by atoms with E-state index >= 15 is 0 Å². The molecule has 130 valence electrons. The molecule has 0 fully saturated rings. The first-order valence-electron chi connectivity index (χ1n) is 7.70. The summed E-state index contributed by atoms with van der Waals surface area (Å²) in [6, 6.07) is 13.7. The highest BCUT2D eigenvalue weighted by Gasteiger charge is 2.19. The molecule has 2 aromatic carbocycles. The number of carbonyl (C=O) groups is 2. The average Bonchev–Trinajstić information content (AvgIpc) is 3.29. The van der Waals surface area contributed by atoms with Gasteiger partial charge in [0.25, 0.3) is 0 Å². The minimum absolute atomic E-state index is 0.0761. The number of amides is 1. The monoisotopic (exact) mass is 351 g/mol. The van der Waals surface area contributed by atoms with Crippen molar-refractivity contribution in [3.63, 3.8) is 0 Å². The molecule has 0 saturated heterocycles. The molecule has 0 unspecified atom stereocenters. The minimum Gasteiger partial charge on any atom is -0.476 e. The summed E-state index contributed by atoms with van der Waals surface area (Å²) in [5.74, 6) is 0.116. The van der Waals surface area contributed by atoms with Gasteiger partial charge < -0.3 is 19.9 Å². The van der Waals surface area contributed by atoms with E-state index in [1.54, 1.807) is 36.4 Å². The fourth-order valence-corrected chi connectivity index (χ4v) is 2.71. The zero-order valence-corrected chi connectivity index (χ0v) is 13.4. The summed E-state index contributed by atoms with van der Waals surface area (Å²) < 4.78 is 12.2. The highest BCUT2D eigenvalue weighted by Crippen LogP contribution is 2.36. The predicted octanol–water partition coefficient (Wildman–Crippen LogP) is 2.53. The Balaban J connectivity index is 1.81. The molecular formula is C18H13N3O5. The number of aromatic carboxylic acids is 1. The molecule has 0 aliphatic carbocycles. The van der Waals surface area contributed by atoms with Crippen LogP contribution in [0.5, 0.6) is 11.5 Å². The summed E-state index contributed by atoms with van der Waals surface area (Å²) in [7, 11) is 0. The second-order valence-corrected chi connectivity index (χ2v) is 5.51. The van der Waals surface area contributed by atoms with Crippen LogP contribution >= 0.6 is 0 Å². The molecule has 0 saturated carbocycles. The first-order chi connectivity index (χ1) is 12.7. The number of hydrogen-bond donors (Lipinski definition) is 2. The first kappa shape index (κ1) is 15.7. The maximum atomic E-state index is 11.4. The normalized spacial score (nSPS) is 12.0. The number of benzene rings is 2. The number of anilines is 1. The van der Waals surface area contributed by atoms with Crippen LogP contribution in [-0.2, 0) is 4.79 Å². The molecule has 1 aliphatic heterocycles. The van der Waals surface area contributed by atoms with Gasteiger partial charge in [0.15, 0.2) is 17.2 Å². The lowest BCUT2D eigenvalue weighted by atomic mass is 10.1. The van der Waals surface area contributed by atoms with Crippen molar-refractivity contribution in [2.45, 2.75) is 0 Å². The van der Waals surface area contributed by atoms with Crippen LogP contribution in [0.2, 0.25) is 0 Å². The van der Waals surface area contributed by atoms with Gasteiger partial charge in [-0.3, -0.25) is 4.79 Å². The van der Waals surface area contributed by atoms with Crippen LogP contribution in [0.15, 0.2) is 48.5 Å². The number of fused-ring (bicyclic) bond motifs is 1. The third-order valence-electron chi connectivity index (χ3n) is 3.93. The standard InChI is InChI=1S/C18H13N3O5/c22-9-19-12-2-4-13(5-3-12)21-15(8-14(20-21)18(23)24)11-1-6-16-17(7-11)26-10-25-16/h1-9H,10H2,(H,19,22)(H,23,24). The Morgan fingerprint density at radius 2 is 1.88 bits per heavy atom. The molecule has 8 heteroatoms.